The molecule has 1 aromatic rings. The standard InChI is InChI=1S/C13H14ClF3N4O/c1-2-10(22)21-5-3-4-8(7-21)19-11-9(13(15,16)17)6-18-12(14)20-11/h2,6,8H,1,3-5,7H2,(H,18,19,20). The maximum absolute atomic E-state index is 13.0. The molecule has 2 heterocycles. The molecule has 1 aliphatic rings. The van der Waals surface area contributed by atoms with Crippen LogP contribution in [0, 0.1) is 0 Å². The summed E-state index contributed by atoms with van der Waals surface area (Å²) in [6.07, 6.45) is -1.45. The van der Waals surface area contributed by atoms with Crippen molar-refractivity contribution in [1.29, 1.82) is 0 Å². The van der Waals surface area contributed by atoms with Crippen LogP contribution in [0.25, 0.3) is 0 Å². The monoisotopic (exact) mass is 334 g/mol. The van der Waals surface area contributed by atoms with Gasteiger partial charge in [-0.05, 0) is 30.5 Å². The maximum Gasteiger partial charge on any atom is 0.421 e. The highest BCUT2D eigenvalue weighted by Crippen LogP contribution is 2.34. The first-order chi connectivity index (χ1) is 10.3. The average Bonchev–Trinajstić information content (AvgIpc) is 2.45. The number of likely N-dealkylation sites (tertiary alicyclic amines) is 1. The van der Waals surface area contributed by atoms with Crippen LogP contribution in [0.3, 0.4) is 0 Å². The minimum atomic E-state index is -4.59. The van der Waals surface area contributed by atoms with E-state index in [2.05, 4.69) is 21.9 Å². The molecule has 22 heavy (non-hydrogen) atoms. The van der Waals surface area contributed by atoms with Gasteiger partial charge in [-0.3, -0.25) is 4.79 Å². The minimum absolute atomic E-state index is 0.247. The Morgan fingerprint density at radius 2 is 2.27 bits per heavy atom. The van der Waals surface area contributed by atoms with Crippen LogP contribution in [-0.4, -0.2) is 39.9 Å². The van der Waals surface area contributed by atoms with Crippen molar-refractivity contribution in [1.82, 2.24) is 14.9 Å². The van der Waals surface area contributed by atoms with Crippen molar-refractivity contribution in [2.24, 2.45) is 0 Å². The van der Waals surface area contributed by atoms with Crippen LogP contribution in [-0.2, 0) is 11.0 Å². The van der Waals surface area contributed by atoms with Gasteiger partial charge in [0, 0.05) is 25.3 Å². The third-order valence-electron chi connectivity index (χ3n) is 3.31. The van der Waals surface area contributed by atoms with Crippen molar-refractivity contribution in [2.75, 3.05) is 18.4 Å². The van der Waals surface area contributed by atoms with E-state index in [1.165, 1.54) is 11.0 Å². The zero-order valence-electron chi connectivity index (χ0n) is 11.5. The van der Waals surface area contributed by atoms with E-state index in [0.717, 1.165) is 0 Å². The van der Waals surface area contributed by atoms with Gasteiger partial charge in [0.1, 0.15) is 11.4 Å². The van der Waals surface area contributed by atoms with Crippen LogP contribution >= 0.6 is 11.6 Å². The Kier molecular flexibility index (Phi) is 4.90. The molecule has 9 heteroatoms. The highest BCUT2D eigenvalue weighted by Gasteiger charge is 2.36. The lowest BCUT2D eigenvalue weighted by Crippen LogP contribution is -2.44. The van der Waals surface area contributed by atoms with Crippen molar-refractivity contribution < 1.29 is 18.0 Å². The van der Waals surface area contributed by atoms with E-state index in [-0.39, 0.29) is 29.6 Å². The Hall–Kier alpha value is -1.83. The number of alkyl halides is 3. The van der Waals surface area contributed by atoms with Crippen molar-refractivity contribution in [3.05, 3.63) is 29.7 Å². The summed E-state index contributed by atoms with van der Waals surface area (Å²) in [5.74, 6) is -0.617. The predicted octanol–water partition coefficient (Wildman–Crippen LogP) is 2.74. The molecule has 120 valence electrons. The quantitative estimate of drug-likeness (QED) is 0.682. The van der Waals surface area contributed by atoms with E-state index >= 15 is 0 Å². The molecule has 0 radical (unpaired) electrons. The first-order valence-corrected chi connectivity index (χ1v) is 6.96. The molecule has 0 bridgehead atoms. The predicted molar refractivity (Wildman–Crippen MR) is 75.5 cm³/mol. The van der Waals surface area contributed by atoms with Crippen LogP contribution in [0.5, 0.6) is 0 Å². The van der Waals surface area contributed by atoms with Gasteiger partial charge in [-0.15, -0.1) is 0 Å². The normalized spacial score (nSPS) is 18.9. The highest BCUT2D eigenvalue weighted by molar-refractivity contribution is 6.28. The number of anilines is 1. The van der Waals surface area contributed by atoms with E-state index in [9.17, 15) is 18.0 Å². The summed E-state index contributed by atoms with van der Waals surface area (Å²) in [5.41, 5.74) is -0.982. The second kappa shape index (κ2) is 6.51. The SMILES string of the molecule is C=CC(=O)N1CCCC(Nc2nc(Cl)ncc2C(F)(F)F)C1. The van der Waals surface area contributed by atoms with Gasteiger partial charge < -0.3 is 10.2 Å². The molecule has 1 atom stereocenters. The number of carbonyl (C=O) groups is 1. The Morgan fingerprint density at radius 1 is 1.55 bits per heavy atom. The summed E-state index contributed by atoms with van der Waals surface area (Å²) >= 11 is 5.58. The van der Waals surface area contributed by atoms with Gasteiger partial charge in [0.2, 0.25) is 11.2 Å². The van der Waals surface area contributed by atoms with E-state index in [1.807, 2.05) is 0 Å². The average molecular weight is 335 g/mol. The lowest BCUT2D eigenvalue weighted by Gasteiger charge is -2.33. The first-order valence-electron chi connectivity index (χ1n) is 6.59. The molecule has 2 rings (SSSR count). The minimum Gasteiger partial charge on any atom is -0.365 e. The Labute approximate surface area is 130 Å². The molecule has 1 N–H and O–H groups in total. The second-order valence-corrected chi connectivity index (χ2v) is 5.21. The van der Waals surface area contributed by atoms with Gasteiger partial charge in [-0.2, -0.15) is 13.2 Å². The lowest BCUT2D eigenvalue weighted by atomic mass is 10.1. The van der Waals surface area contributed by atoms with E-state index in [4.69, 9.17) is 11.6 Å². The van der Waals surface area contributed by atoms with Gasteiger partial charge >= 0.3 is 6.18 Å². The van der Waals surface area contributed by atoms with E-state index < -0.39 is 11.7 Å². The van der Waals surface area contributed by atoms with E-state index in [0.29, 0.717) is 25.6 Å². The molecule has 5 nitrogen and oxygen atoms in total. The molecule has 0 aromatic carbocycles. The number of hydrogen-bond acceptors (Lipinski definition) is 4. The van der Waals surface area contributed by atoms with Crippen molar-refractivity contribution in [3.63, 3.8) is 0 Å². The molecule has 1 amide bonds. The highest BCUT2D eigenvalue weighted by atomic mass is 35.5. The molecular formula is C13H14ClF3N4O. The second-order valence-electron chi connectivity index (χ2n) is 4.87. The molecule has 1 fully saturated rings. The Morgan fingerprint density at radius 3 is 2.91 bits per heavy atom. The first kappa shape index (κ1) is 16.5. The molecule has 0 aliphatic carbocycles. The third kappa shape index (κ3) is 3.88. The number of piperidine rings is 1. The Bertz CT molecular complexity index is 579. The van der Waals surface area contributed by atoms with Crippen LogP contribution in [0.4, 0.5) is 19.0 Å². The Balaban J connectivity index is 2.18. The molecule has 1 aliphatic heterocycles. The number of hydrogen-bond donors (Lipinski definition) is 1. The zero-order chi connectivity index (χ0) is 16.3. The number of aromatic nitrogens is 2. The van der Waals surface area contributed by atoms with Crippen molar-refractivity contribution >= 4 is 23.3 Å². The van der Waals surface area contributed by atoms with Gasteiger partial charge in [-0.1, -0.05) is 6.58 Å². The molecule has 1 aromatic heterocycles. The van der Waals surface area contributed by atoms with Gasteiger partial charge in [0.05, 0.1) is 0 Å². The number of nitrogens with one attached hydrogen (secondary N) is 1. The summed E-state index contributed by atoms with van der Waals surface area (Å²) < 4.78 is 38.9. The number of halogens is 4. The fourth-order valence-corrected chi connectivity index (χ4v) is 2.43. The number of amides is 1. The number of nitrogens with zero attached hydrogens (tertiary/aromatic N) is 3. The summed E-state index contributed by atoms with van der Waals surface area (Å²) in [5, 5.41) is 2.45. The fraction of sp³-hybridized carbons (Fsp3) is 0.462. The van der Waals surface area contributed by atoms with Crippen molar-refractivity contribution in [3.8, 4) is 0 Å². The van der Waals surface area contributed by atoms with Crippen molar-refractivity contribution in [2.45, 2.75) is 25.1 Å². The fourth-order valence-electron chi connectivity index (χ4n) is 2.30. The summed E-state index contributed by atoms with van der Waals surface area (Å²) in [4.78, 5) is 20.1. The van der Waals surface area contributed by atoms with E-state index in [1.54, 1.807) is 0 Å². The van der Waals surface area contributed by atoms with Gasteiger partial charge in [0.15, 0.2) is 0 Å². The van der Waals surface area contributed by atoms with Crippen LogP contribution in [0.2, 0.25) is 5.28 Å². The lowest BCUT2D eigenvalue weighted by molar-refractivity contribution is -0.137. The molecular weight excluding hydrogens is 321 g/mol. The molecule has 0 saturated carbocycles. The molecule has 1 saturated heterocycles. The van der Waals surface area contributed by atoms with Crippen LogP contribution < -0.4 is 5.32 Å². The largest absolute Gasteiger partial charge is 0.421 e. The summed E-state index contributed by atoms with van der Waals surface area (Å²) in [6.45, 7) is 4.24. The summed E-state index contributed by atoms with van der Waals surface area (Å²) in [7, 11) is 0. The molecule has 0 spiro atoms. The summed E-state index contributed by atoms with van der Waals surface area (Å²) in [6, 6.07) is -0.343. The number of rotatable bonds is 3. The van der Waals surface area contributed by atoms with Gasteiger partial charge in [0.25, 0.3) is 0 Å². The van der Waals surface area contributed by atoms with Gasteiger partial charge in [-0.25, -0.2) is 9.97 Å². The zero-order valence-corrected chi connectivity index (χ0v) is 12.3. The topological polar surface area (TPSA) is 58.1 Å². The van der Waals surface area contributed by atoms with Crippen LogP contribution in [0.15, 0.2) is 18.9 Å². The smallest absolute Gasteiger partial charge is 0.365 e. The van der Waals surface area contributed by atoms with Crippen LogP contribution in [0.1, 0.15) is 18.4 Å². The molecule has 1 unspecified atom stereocenters. The number of carbonyl (C=O) groups excluding carboxylic acids is 1. The maximum atomic E-state index is 13.0. The third-order valence-corrected chi connectivity index (χ3v) is 3.50.